The van der Waals surface area contributed by atoms with Crippen LogP contribution < -0.4 is 5.32 Å². The highest BCUT2D eigenvalue weighted by atomic mass is 15.2. The van der Waals surface area contributed by atoms with E-state index in [1.807, 2.05) is 18.2 Å². The molecule has 1 fully saturated rings. The first-order chi connectivity index (χ1) is 8.33. The molecule has 1 aliphatic heterocycles. The predicted octanol–water partition coefficient (Wildman–Crippen LogP) is 1.74. The second-order valence-electron chi connectivity index (χ2n) is 4.59. The van der Waals surface area contributed by atoms with Gasteiger partial charge in [0.1, 0.15) is 0 Å². The summed E-state index contributed by atoms with van der Waals surface area (Å²) in [6.07, 6.45) is 1.18. The molecule has 0 aromatic heterocycles. The number of nitrogens with zero attached hydrogens (tertiary/aromatic N) is 2. The van der Waals surface area contributed by atoms with Gasteiger partial charge in [0.25, 0.3) is 0 Å². The molecule has 0 bridgehead atoms. The van der Waals surface area contributed by atoms with Crippen LogP contribution in [0.1, 0.15) is 24.5 Å². The molecule has 1 aliphatic rings. The molecule has 17 heavy (non-hydrogen) atoms. The van der Waals surface area contributed by atoms with Gasteiger partial charge in [-0.05, 0) is 30.7 Å². The zero-order chi connectivity index (χ0) is 12.1. The molecular weight excluding hydrogens is 210 g/mol. The zero-order valence-electron chi connectivity index (χ0n) is 10.3. The molecule has 0 saturated carbocycles. The fourth-order valence-electron chi connectivity index (χ4n) is 2.18. The zero-order valence-corrected chi connectivity index (χ0v) is 10.3. The maximum atomic E-state index is 8.89. The molecule has 0 spiro atoms. The first-order valence-electron chi connectivity index (χ1n) is 6.27. The van der Waals surface area contributed by atoms with Crippen molar-refractivity contribution in [3.8, 4) is 6.07 Å². The average Bonchev–Trinajstić information content (AvgIpc) is 2.27. The largest absolute Gasteiger partial charge is 0.314 e. The van der Waals surface area contributed by atoms with E-state index in [1.54, 1.807) is 0 Å². The number of rotatable bonds is 5. The Kier molecular flexibility index (Phi) is 4.13. The van der Waals surface area contributed by atoms with Crippen molar-refractivity contribution >= 4 is 0 Å². The number of hydrogen-bond donors (Lipinski definition) is 1. The lowest BCUT2D eigenvalue weighted by atomic mass is 10.1. The van der Waals surface area contributed by atoms with E-state index in [0.717, 1.165) is 31.7 Å². The van der Waals surface area contributed by atoms with Crippen LogP contribution in [0.2, 0.25) is 0 Å². The van der Waals surface area contributed by atoms with Crippen molar-refractivity contribution < 1.29 is 0 Å². The maximum absolute atomic E-state index is 8.89. The van der Waals surface area contributed by atoms with Crippen molar-refractivity contribution in [1.82, 2.24) is 10.2 Å². The van der Waals surface area contributed by atoms with Crippen molar-refractivity contribution in [1.29, 1.82) is 5.26 Å². The Balaban J connectivity index is 2.03. The Labute approximate surface area is 103 Å². The Morgan fingerprint density at radius 1 is 1.47 bits per heavy atom. The van der Waals surface area contributed by atoms with Gasteiger partial charge in [-0.3, -0.25) is 4.90 Å². The first-order valence-corrected chi connectivity index (χ1v) is 6.27. The third kappa shape index (κ3) is 3.06. The highest BCUT2D eigenvalue weighted by Crippen LogP contribution is 2.13. The van der Waals surface area contributed by atoms with E-state index < -0.39 is 0 Å². The topological polar surface area (TPSA) is 39.1 Å². The van der Waals surface area contributed by atoms with Crippen LogP contribution in [0.3, 0.4) is 0 Å². The van der Waals surface area contributed by atoms with Gasteiger partial charge >= 0.3 is 0 Å². The third-order valence-electron chi connectivity index (χ3n) is 3.23. The van der Waals surface area contributed by atoms with Gasteiger partial charge in [0.2, 0.25) is 0 Å². The van der Waals surface area contributed by atoms with E-state index in [1.165, 1.54) is 12.0 Å². The van der Waals surface area contributed by atoms with Gasteiger partial charge in [0, 0.05) is 25.7 Å². The summed E-state index contributed by atoms with van der Waals surface area (Å²) < 4.78 is 0. The molecule has 1 aromatic carbocycles. The van der Waals surface area contributed by atoms with Crippen LogP contribution in [0.5, 0.6) is 0 Å². The molecule has 0 atom stereocenters. The van der Waals surface area contributed by atoms with Crippen LogP contribution >= 0.6 is 0 Å². The summed E-state index contributed by atoms with van der Waals surface area (Å²) >= 11 is 0. The van der Waals surface area contributed by atoms with Crippen LogP contribution in [-0.2, 0) is 6.54 Å². The molecule has 0 radical (unpaired) electrons. The van der Waals surface area contributed by atoms with Crippen molar-refractivity contribution in [2.24, 2.45) is 0 Å². The Morgan fingerprint density at radius 3 is 2.88 bits per heavy atom. The second-order valence-corrected chi connectivity index (χ2v) is 4.59. The summed E-state index contributed by atoms with van der Waals surface area (Å²) in [5.41, 5.74) is 2.00. The highest BCUT2D eigenvalue weighted by molar-refractivity contribution is 5.32. The molecule has 1 heterocycles. The molecule has 2 rings (SSSR count). The average molecular weight is 229 g/mol. The van der Waals surface area contributed by atoms with E-state index in [9.17, 15) is 0 Å². The molecule has 0 amide bonds. The smallest absolute Gasteiger partial charge is 0.0991 e. The van der Waals surface area contributed by atoms with E-state index in [2.05, 4.69) is 29.3 Å². The van der Waals surface area contributed by atoms with Crippen LogP contribution in [0.25, 0.3) is 0 Å². The lowest BCUT2D eigenvalue weighted by molar-refractivity contribution is 0.138. The van der Waals surface area contributed by atoms with Crippen LogP contribution in [0, 0.1) is 11.3 Å². The number of nitrogens with one attached hydrogen (secondary N) is 1. The fraction of sp³-hybridized carbons (Fsp3) is 0.500. The molecule has 0 unspecified atom stereocenters. The Bertz CT molecular complexity index is 404. The predicted molar refractivity (Wildman–Crippen MR) is 68.5 cm³/mol. The summed E-state index contributed by atoms with van der Waals surface area (Å²) in [7, 11) is 0. The van der Waals surface area contributed by atoms with Gasteiger partial charge in [-0.15, -0.1) is 0 Å². The lowest BCUT2D eigenvalue weighted by Crippen LogP contribution is -2.56. The number of hydrogen-bond acceptors (Lipinski definition) is 3. The SMILES string of the molecule is CCCN(Cc1cccc(C#N)c1)C1CNC1. The summed E-state index contributed by atoms with van der Waals surface area (Å²) in [6.45, 7) is 6.49. The summed E-state index contributed by atoms with van der Waals surface area (Å²) in [5.74, 6) is 0. The molecule has 90 valence electrons. The monoisotopic (exact) mass is 229 g/mol. The minimum atomic E-state index is 0.667. The Hall–Kier alpha value is -1.37. The molecular formula is C14H19N3. The van der Waals surface area contributed by atoms with Gasteiger partial charge in [0.15, 0.2) is 0 Å². The van der Waals surface area contributed by atoms with Gasteiger partial charge in [-0.25, -0.2) is 0 Å². The van der Waals surface area contributed by atoms with E-state index in [-0.39, 0.29) is 0 Å². The summed E-state index contributed by atoms with van der Waals surface area (Å²) in [6, 6.07) is 10.8. The molecule has 3 heteroatoms. The lowest BCUT2D eigenvalue weighted by Gasteiger charge is -2.38. The standard InChI is InChI=1S/C14H19N3/c1-2-6-17(14-9-16-10-14)11-13-5-3-4-12(7-13)8-15/h3-5,7,14,16H,2,6,9-11H2,1H3. The molecule has 3 nitrogen and oxygen atoms in total. The Morgan fingerprint density at radius 2 is 2.29 bits per heavy atom. The fourth-order valence-corrected chi connectivity index (χ4v) is 2.18. The number of benzene rings is 1. The minimum Gasteiger partial charge on any atom is -0.314 e. The van der Waals surface area contributed by atoms with E-state index in [4.69, 9.17) is 5.26 Å². The van der Waals surface area contributed by atoms with Gasteiger partial charge in [0.05, 0.1) is 11.6 Å². The second kappa shape index (κ2) is 5.81. The molecule has 0 aliphatic carbocycles. The van der Waals surface area contributed by atoms with Crippen molar-refractivity contribution in [3.05, 3.63) is 35.4 Å². The minimum absolute atomic E-state index is 0.667. The maximum Gasteiger partial charge on any atom is 0.0991 e. The van der Waals surface area contributed by atoms with Crippen LogP contribution in [-0.4, -0.2) is 30.6 Å². The van der Waals surface area contributed by atoms with Gasteiger partial charge in [-0.2, -0.15) is 5.26 Å². The quantitative estimate of drug-likeness (QED) is 0.836. The van der Waals surface area contributed by atoms with Crippen molar-refractivity contribution in [3.63, 3.8) is 0 Å². The van der Waals surface area contributed by atoms with Crippen LogP contribution in [0.15, 0.2) is 24.3 Å². The third-order valence-corrected chi connectivity index (χ3v) is 3.23. The van der Waals surface area contributed by atoms with Crippen molar-refractivity contribution in [2.45, 2.75) is 25.9 Å². The summed E-state index contributed by atoms with van der Waals surface area (Å²) in [4.78, 5) is 2.51. The van der Waals surface area contributed by atoms with E-state index >= 15 is 0 Å². The van der Waals surface area contributed by atoms with Gasteiger partial charge < -0.3 is 5.32 Å². The van der Waals surface area contributed by atoms with Crippen molar-refractivity contribution in [2.75, 3.05) is 19.6 Å². The molecule has 1 saturated heterocycles. The van der Waals surface area contributed by atoms with Crippen LogP contribution in [0.4, 0.5) is 0 Å². The van der Waals surface area contributed by atoms with Gasteiger partial charge in [-0.1, -0.05) is 19.1 Å². The molecule has 1 N–H and O–H groups in total. The normalized spacial score (nSPS) is 15.6. The molecule has 1 aromatic rings. The highest BCUT2D eigenvalue weighted by Gasteiger charge is 2.23. The van der Waals surface area contributed by atoms with E-state index in [0.29, 0.717) is 6.04 Å². The summed E-state index contributed by atoms with van der Waals surface area (Å²) in [5, 5.41) is 12.2. The number of nitriles is 1. The first kappa shape index (κ1) is 12.1.